The lowest BCUT2D eigenvalue weighted by Gasteiger charge is -2.15. The van der Waals surface area contributed by atoms with E-state index in [-0.39, 0.29) is 5.91 Å². The minimum absolute atomic E-state index is 0.0503. The Morgan fingerprint density at radius 2 is 1.79 bits per heavy atom. The fraction of sp³-hybridized carbons (Fsp3) is 0.348. The Hall–Kier alpha value is -3.15. The van der Waals surface area contributed by atoms with E-state index in [0.717, 1.165) is 29.8 Å². The maximum Gasteiger partial charge on any atom is 0.251 e. The normalized spacial score (nSPS) is 13.0. The Morgan fingerprint density at radius 1 is 1.07 bits per heavy atom. The number of amides is 1. The van der Waals surface area contributed by atoms with E-state index in [0.29, 0.717) is 18.7 Å². The Balaban J connectivity index is 1.44. The van der Waals surface area contributed by atoms with Gasteiger partial charge < -0.3 is 10.2 Å². The highest BCUT2D eigenvalue weighted by atomic mass is 16.1. The maximum absolute atomic E-state index is 12.5. The zero-order valence-electron chi connectivity index (χ0n) is 17.1. The highest BCUT2D eigenvalue weighted by Gasteiger charge is 2.21. The molecule has 1 aromatic carbocycles. The van der Waals surface area contributed by atoms with Gasteiger partial charge >= 0.3 is 0 Å². The predicted octanol–water partition coefficient (Wildman–Crippen LogP) is 3.32. The van der Waals surface area contributed by atoms with Crippen molar-refractivity contribution in [2.24, 2.45) is 0 Å². The molecule has 3 aromatic rings. The molecule has 6 nitrogen and oxygen atoms in total. The summed E-state index contributed by atoms with van der Waals surface area (Å²) in [5.74, 6) is -0.0503. The molecule has 0 bridgehead atoms. The summed E-state index contributed by atoms with van der Waals surface area (Å²) in [4.78, 5) is 18.6. The second-order valence-corrected chi connectivity index (χ2v) is 7.64. The van der Waals surface area contributed by atoms with Crippen LogP contribution in [-0.4, -0.2) is 41.3 Å². The molecule has 0 fully saturated rings. The first-order valence-electron chi connectivity index (χ1n) is 10.2. The van der Waals surface area contributed by atoms with Crippen molar-refractivity contribution in [3.05, 3.63) is 65.6 Å². The number of pyridine rings is 1. The van der Waals surface area contributed by atoms with Gasteiger partial charge in [-0.25, -0.2) is 0 Å². The largest absolute Gasteiger partial charge is 0.378 e. The molecular formula is C23H27N5O. The van der Waals surface area contributed by atoms with Crippen LogP contribution in [0.25, 0.3) is 11.3 Å². The molecule has 1 amide bonds. The molecule has 1 aliphatic carbocycles. The molecule has 150 valence electrons. The lowest BCUT2D eigenvalue weighted by Crippen LogP contribution is -2.28. The summed E-state index contributed by atoms with van der Waals surface area (Å²) in [7, 11) is 3.97. The van der Waals surface area contributed by atoms with Crippen LogP contribution in [-0.2, 0) is 19.4 Å². The summed E-state index contributed by atoms with van der Waals surface area (Å²) in [6, 6.07) is 11.7. The van der Waals surface area contributed by atoms with E-state index >= 15 is 0 Å². The SMILES string of the molecule is CN(C)c1ccc(C(=O)NCCn2nc(-c3ccncc3)c3c2CCCC3)cc1. The summed E-state index contributed by atoms with van der Waals surface area (Å²) in [6.45, 7) is 1.23. The number of aromatic nitrogens is 3. The zero-order chi connectivity index (χ0) is 20.2. The summed E-state index contributed by atoms with van der Waals surface area (Å²) >= 11 is 0. The van der Waals surface area contributed by atoms with Gasteiger partial charge in [0.05, 0.1) is 12.2 Å². The number of rotatable bonds is 6. The van der Waals surface area contributed by atoms with Crippen molar-refractivity contribution in [2.75, 3.05) is 25.5 Å². The highest BCUT2D eigenvalue weighted by Crippen LogP contribution is 2.30. The standard InChI is InChI=1S/C23H27N5O/c1-27(2)19-9-7-18(8-10-19)23(29)25-15-16-28-21-6-4-3-5-20(21)22(26-28)17-11-13-24-14-12-17/h7-14H,3-6,15-16H2,1-2H3,(H,25,29). The number of hydrogen-bond acceptors (Lipinski definition) is 4. The average Bonchev–Trinajstić information content (AvgIpc) is 3.13. The number of carbonyl (C=O) groups is 1. The van der Waals surface area contributed by atoms with Crippen molar-refractivity contribution < 1.29 is 4.79 Å². The van der Waals surface area contributed by atoms with Crippen molar-refractivity contribution in [1.29, 1.82) is 0 Å². The summed E-state index contributed by atoms with van der Waals surface area (Å²) < 4.78 is 2.08. The van der Waals surface area contributed by atoms with Crippen molar-refractivity contribution in [1.82, 2.24) is 20.1 Å². The van der Waals surface area contributed by atoms with Gasteiger partial charge in [-0.1, -0.05) is 0 Å². The predicted molar refractivity (Wildman–Crippen MR) is 115 cm³/mol. The van der Waals surface area contributed by atoms with Crippen LogP contribution in [0.5, 0.6) is 0 Å². The van der Waals surface area contributed by atoms with E-state index in [2.05, 4.69) is 15.0 Å². The lowest BCUT2D eigenvalue weighted by molar-refractivity contribution is 0.0952. The number of fused-ring (bicyclic) bond motifs is 1. The van der Waals surface area contributed by atoms with E-state index < -0.39 is 0 Å². The van der Waals surface area contributed by atoms with Crippen LogP contribution in [0.3, 0.4) is 0 Å². The second kappa shape index (κ2) is 8.47. The monoisotopic (exact) mass is 389 g/mol. The molecule has 0 radical (unpaired) electrons. The third-order valence-electron chi connectivity index (χ3n) is 5.47. The molecule has 2 heterocycles. The van der Waals surface area contributed by atoms with Gasteiger partial charge in [-0.2, -0.15) is 5.10 Å². The van der Waals surface area contributed by atoms with Gasteiger partial charge in [-0.3, -0.25) is 14.5 Å². The van der Waals surface area contributed by atoms with Crippen LogP contribution in [0, 0.1) is 0 Å². The van der Waals surface area contributed by atoms with Crippen LogP contribution in [0.4, 0.5) is 5.69 Å². The number of benzene rings is 1. The topological polar surface area (TPSA) is 63.1 Å². The summed E-state index contributed by atoms with van der Waals surface area (Å²) in [5.41, 5.74) is 6.60. The Labute approximate surface area is 171 Å². The fourth-order valence-electron chi connectivity index (χ4n) is 3.89. The summed E-state index contributed by atoms with van der Waals surface area (Å²) in [6.07, 6.45) is 8.14. The molecule has 1 aliphatic rings. The minimum atomic E-state index is -0.0503. The molecule has 4 rings (SSSR count). The van der Waals surface area contributed by atoms with E-state index in [4.69, 9.17) is 5.10 Å². The third kappa shape index (κ3) is 4.16. The molecular weight excluding hydrogens is 362 g/mol. The Kier molecular flexibility index (Phi) is 5.60. The molecule has 0 atom stereocenters. The van der Waals surface area contributed by atoms with Crippen molar-refractivity contribution in [3.63, 3.8) is 0 Å². The van der Waals surface area contributed by atoms with E-state index in [9.17, 15) is 4.79 Å². The van der Waals surface area contributed by atoms with Gasteiger partial charge in [0.25, 0.3) is 5.91 Å². The number of nitrogens with zero attached hydrogens (tertiary/aromatic N) is 4. The summed E-state index contributed by atoms with van der Waals surface area (Å²) in [5, 5.41) is 7.92. The van der Waals surface area contributed by atoms with Gasteiger partial charge in [0.15, 0.2) is 0 Å². The molecule has 0 aliphatic heterocycles. The highest BCUT2D eigenvalue weighted by molar-refractivity contribution is 5.94. The molecule has 0 saturated heterocycles. The smallest absolute Gasteiger partial charge is 0.251 e. The van der Waals surface area contributed by atoms with Gasteiger partial charge in [0, 0.05) is 61.1 Å². The Bertz CT molecular complexity index is 977. The van der Waals surface area contributed by atoms with E-state index in [1.165, 1.54) is 24.1 Å². The minimum Gasteiger partial charge on any atom is -0.378 e. The number of carbonyl (C=O) groups excluding carboxylic acids is 1. The van der Waals surface area contributed by atoms with Crippen LogP contribution in [0.2, 0.25) is 0 Å². The molecule has 29 heavy (non-hydrogen) atoms. The molecule has 0 saturated carbocycles. The first-order valence-corrected chi connectivity index (χ1v) is 10.2. The van der Waals surface area contributed by atoms with Crippen LogP contribution < -0.4 is 10.2 Å². The van der Waals surface area contributed by atoms with Gasteiger partial charge in [-0.15, -0.1) is 0 Å². The maximum atomic E-state index is 12.5. The second-order valence-electron chi connectivity index (χ2n) is 7.64. The van der Waals surface area contributed by atoms with Crippen LogP contribution in [0.1, 0.15) is 34.5 Å². The molecule has 1 N–H and O–H groups in total. The van der Waals surface area contributed by atoms with Crippen molar-refractivity contribution >= 4 is 11.6 Å². The molecule has 2 aromatic heterocycles. The van der Waals surface area contributed by atoms with Gasteiger partial charge in [0.1, 0.15) is 0 Å². The van der Waals surface area contributed by atoms with Crippen LogP contribution in [0.15, 0.2) is 48.8 Å². The van der Waals surface area contributed by atoms with Gasteiger partial charge in [0.2, 0.25) is 0 Å². The number of nitrogens with one attached hydrogen (secondary N) is 1. The molecule has 0 spiro atoms. The van der Waals surface area contributed by atoms with Gasteiger partial charge in [-0.05, 0) is 62.1 Å². The molecule has 6 heteroatoms. The van der Waals surface area contributed by atoms with Crippen molar-refractivity contribution in [2.45, 2.75) is 32.2 Å². The number of hydrogen-bond donors (Lipinski definition) is 1. The van der Waals surface area contributed by atoms with E-state index in [1.807, 2.05) is 67.8 Å². The van der Waals surface area contributed by atoms with E-state index in [1.54, 1.807) is 0 Å². The first-order chi connectivity index (χ1) is 14.1. The average molecular weight is 390 g/mol. The van der Waals surface area contributed by atoms with Crippen molar-refractivity contribution in [3.8, 4) is 11.3 Å². The zero-order valence-corrected chi connectivity index (χ0v) is 17.1. The Morgan fingerprint density at radius 3 is 2.52 bits per heavy atom. The third-order valence-corrected chi connectivity index (χ3v) is 5.47. The fourth-order valence-corrected chi connectivity index (χ4v) is 3.89. The van der Waals surface area contributed by atoms with Crippen LogP contribution >= 0.6 is 0 Å². The quantitative estimate of drug-likeness (QED) is 0.702. The first kappa shape index (κ1) is 19.2. The lowest BCUT2D eigenvalue weighted by atomic mass is 9.94. The molecule has 0 unspecified atom stereocenters. The number of anilines is 1.